The molecule has 0 saturated carbocycles. The average molecular weight is 309 g/mol. The summed E-state index contributed by atoms with van der Waals surface area (Å²) in [5.74, 6) is 0. The van der Waals surface area contributed by atoms with Gasteiger partial charge >= 0.3 is 0 Å². The van der Waals surface area contributed by atoms with E-state index >= 15 is 0 Å². The third-order valence-electron chi connectivity index (χ3n) is 0. The van der Waals surface area contributed by atoms with Crippen molar-refractivity contribution in [3.8, 4) is 0 Å². The third-order valence-corrected chi connectivity index (χ3v) is 0. The first-order valence-corrected chi connectivity index (χ1v) is 0. The summed E-state index contributed by atoms with van der Waals surface area (Å²) in [7, 11) is 0. The van der Waals surface area contributed by atoms with Gasteiger partial charge in [0.1, 0.15) is 0 Å². The molecule has 0 nitrogen and oxygen atoms in total. The van der Waals surface area contributed by atoms with E-state index in [9.17, 15) is 0 Å². The van der Waals surface area contributed by atoms with E-state index in [0.717, 1.165) is 0 Å². The molecule has 1 radical (unpaired) electrons. The normalized spacial score (nSPS) is 0. The average Bonchev–Trinajstić information content (AvgIpc) is 0. The fraction of sp³-hybridized carbons (Fsp3) is 0. The van der Waals surface area contributed by atoms with Crippen molar-refractivity contribution in [3.05, 3.63) is 0 Å². The Morgan fingerprint density at radius 3 is 0.800 bits per heavy atom. The van der Waals surface area contributed by atoms with Crippen LogP contribution in [-0.2, 0) is 97.8 Å². The van der Waals surface area contributed by atoms with Crippen LogP contribution in [0.5, 0.6) is 0 Å². The second-order valence-corrected chi connectivity index (χ2v) is 0. The molecule has 0 aliphatic rings. The molecule has 5 heavy (non-hydrogen) atoms. The molecule has 0 saturated heterocycles. The van der Waals surface area contributed by atoms with Gasteiger partial charge in [-0.25, -0.2) is 0 Å². The van der Waals surface area contributed by atoms with E-state index in [2.05, 4.69) is 0 Å². The van der Waals surface area contributed by atoms with Crippen LogP contribution < -0.4 is 0 Å². The molecule has 0 aliphatic heterocycles. The molecule has 0 aliphatic carbocycles. The zero-order valence-corrected chi connectivity index (χ0v) is 9.22. The summed E-state index contributed by atoms with van der Waals surface area (Å²) < 4.78 is 0. The van der Waals surface area contributed by atoms with Crippen LogP contribution in [0.25, 0.3) is 0 Å². The minimum absolute atomic E-state index is 0. The zero-order chi connectivity index (χ0) is 0. The van der Waals surface area contributed by atoms with Gasteiger partial charge in [0, 0.05) is 97.8 Å². The summed E-state index contributed by atoms with van der Waals surface area (Å²) in [5, 5.41) is 0. The molecule has 0 aromatic rings. The molecule has 0 heterocycles. The van der Waals surface area contributed by atoms with Crippen molar-refractivity contribution in [2.24, 2.45) is 0 Å². The van der Waals surface area contributed by atoms with Gasteiger partial charge in [0.15, 0.2) is 0 Å². The molecule has 0 bridgehead atoms. The molecule has 0 N–H and O–H groups in total. The Hall–Kier alpha value is 3.12. The smallest absolute Gasteiger partial charge is 0 e. The fourth-order valence-electron chi connectivity index (χ4n) is 0. The van der Waals surface area contributed by atoms with Crippen LogP contribution >= 0.6 is 0 Å². The summed E-state index contributed by atoms with van der Waals surface area (Å²) in [6.45, 7) is 0. The molecule has 0 aromatic carbocycles. The predicted molar refractivity (Wildman–Crippen MR) is 0 cm³/mol. The second-order valence-electron chi connectivity index (χ2n) is 0. The standard InChI is InChI=1S/Co.Mo.Ni.2Ti. The maximum atomic E-state index is 0. The summed E-state index contributed by atoms with van der Waals surface area (Å²) in [5.41, 5.74) is 0. The van der Waals surface area contributed by atoms with E-state index in [4.69, 9.17) is 0 Å². The van der Waals surface area contributed by atoms with Crippen molar-refractivity contribution < 1.29 is 97.8 Å². The van der Waals surface area contributed by atoms with E-state index in [1.54, 1.807) is 0 Å². The molecule has 0 amide bonds. The summed E-state index contributed by atoms with van der Waals surface area (Å²) in [6.07, 6.45) is 0. The zero-order valence-electron chi connectivity index (χ0n) is 2.06. The van der Waals surface area contributed by atoms with E-state index < -0.39 is 0 Å². The van der Waals surface area contributed by atoms with Gasteiger partial charge in [0.05, 0.1) is 0 Å². The van der Waals surface area contributed by atoms with Crippen LogP contribution in [0.1, 0.15) is 0 Å². The van der Waals surface area contributed by atoms with Crippen LogP contribution in [0.15, 0.2) is 0 Å². The fourth-order valence-corrected chi connectivity index (χ4v) is 0. The van der Waals surface area contributed by atoms with E-state index in [0.29, 0.717) is 0 Å². The first-order valence-electron chi connectivity index (χ1n) is 0. The molecular weight excluding hydrogens is 309 g/mol. The predicted octanol–water partition coefficient (Wildman–Crippen LogP) is -0.0125. The van der Waals surface area contributed by atoms with Gasteiger partial charge in [-0.05, 0) is 0 Å². The molecule has 0 atom stereocenters. The second kappa shape index (κ2) is 27.4. The summed E-state index contributed by atoms with van der Waals surface area (Å²) in [4.78, 5) is 0. The molecule has 0 spiro atoms. The van der Waals surface area contributed by atoms with Crippen molar-refractivity contribution in [2.75, 3.05) is 0 Å². The Labute approximate surface area is 96.1 Å². The number of hydrogen-bond donors (Lipinski definition) is 0. The van der Waals surface area contributed by atoms with Gasteiger partial charge in [-0.15, -0.1) is 0 Å². The first-order chi connectivity index (χ1) is 0. The van der Waals surface area contributed by atoms with E-state index in [1.165, 1.54) is 0 Å². The van der Waals surface area contributed by atoms with Crippen LogP contribution in [0.4, 0.5) is 0 Å². The van der Waals surface area contributed by atoms with Crippen molar-refractivity contribution in [1.29, 1.82) is 0 Å². The Kier molecular flexibility index (Phi) is 232. The SMILES string of the molecule is [Co].[Mo].[Ni].[Ti].[Ti]. The van der Waals surface area contributed by atoms with Crippen LogP contribution in [0.2, 0.25) is 0 Å². The van der Waals surface area contributed by atoms with Gasteiger partial charge in [-0.2, -0.15) is 0 Å². The van der Waals surface area contributed by atoms with Crippen LogP contribution in [0.3, 0.4) is 0 Å². The quantitative estimate of drug-likeness (QED) is 0.552. The van der Waals surface area contributed by atoms with Gasteiger partial charge < -0.3 is 0 Å². The van der Waals surface area contributed by atoms with Crippen molar-refractivity contribution in [1.82, 2.24) is 0 Å². The minimum Gasteiger partial charge on any atom is 0 e. The minimum atomic E-state index is 0. The van der Waals surface area contributed by atoms with E-state index in [1.807, 2.05) is 0 Å². The third kappa shape index (κ3) is 19.2. The van der Waals surface area contributed by atoms with Gasteiger partial charge in [0.25, 0.3) is 0 Å². The topological polar surface area (TPSA) is 0 Å². The van der Waals surface area contributed by atoms with E-state index in [-0.39, 0.29) is 97.8 Å². The Morgan fingerprint density at radius 1 is 0.800 bits per heavy atom. The summed E-state index contributed by atoms with van der Waals surface area (Å²) >= 11 is 0. The van der Waals surface area contributed by atoms with Gasteiger partial charge in [-0.1, -0.05) is 0 Å². The summed E-state index contributed by atoms with van der Waals surface area (Å²) in [6, 6.07) is 0. The van der Waals surface area contributed by atoms with Crippen LogP contribution in [-0.4, -0.2) is 0 Å². The maximum absolute atomic E-state index is 0. The van der Waals surface area contributed by atoms with Crippen LogP contribution in [0, 0.1) is 0 Å². The maximum Gasteiger partial charge on any atom is 0 e. The molecule has 0 unspecified atom stereocenters. The first kappa shape index (κ1) is 42.3. The molecule has 5 heteroatoms. The molecule has 0 rings (SSSR count). The van der Waals surface area contributed by atoms with Crippen molar-refractivity contribution >= 4 is 0 Å². The van der Waals surface area contributed by atoms with Gasteiger partial charge in [0.2, 0.25) is 0 Å². The number of rotatable bonds is 0. The molecule has 33 valence electrons. The monoisotopic (exact) mass is 311 g/mol. The Morgan fingerprint density at radius 2 is 0.800 bits per heavy atom. The molecule has 0 fully saturated rings. The van der Waals surface area contributed by atoms with Crippen molar-refractivity contribution in [3.63, 3.8) is 0 Å². The largest absolute Gasteiger partial charge is 0 e. The van der Waals surface area contributed by atoms with Crippen molar-refractivity contribution in [2.45, 2.75) is 0 Å². The Balaban J connectivity index is 0. The molecular formula is CoMoNiTi2. The van der Waals surface area contributed by atoms with Gasteiger partial charge in [-0.3, -0.25) is 0 Å². The number of hydrogen-bond acceptors (Lipinski definition) is 0. The molecule has 0 aromatic heterocycles. The Bertz CT molecular complexity index is 9.61.